The molecule has 1 amide bonds. The molecule has 17 nitrogen and oxygen atoms in total. The van der Waals surface area contributed by atoms with Crippen molar-refractivity contribution in [3.8, 4) is 5.75 Å². The maximum Gasteiger partial charge on any atom is 0.416 e. The van der Waals surface area contributed by atoms with Crippen molar-refractivity contribution in [2.24, 2.45) is 10.2 Å². The number of aromatic nitrogens is 3. The molecule has 70 heavy (non-hydrogen) atoms. The van der Waals surface area contributed by atoms with Gasteiger partial charge in [-0.15, -0.1) is 0 Å². The fourth-order valence-electron chi connectivity index (χ4n) is 6.42. The fourth-order valence-corrected chi connectivity index (χ4v) is 7.59. The minimum absolute atomic E-state index is 0.0231. The number of carbonyl (C=O) groups excluding carboxylic acids is 1. The van der Waals surface area contributed by atoms with Crippen molar-refractivity contribution in [1.29, 1.82) is 0 Å². The molecule has 4 aromatic carbocycles. The Morgan fingerprint density at radius 3 is 2.23 bits per heavy atom. The van der Waals surface area contributed by atoms with Gasteiger partial charge in [0.15, 0.2) is 0 Å². The number of hydrogen-bond donors (Lipinski definition) is 6. The Bertz CT molecular complexity index is 2970. The summed E-state index contributed by atoms with van der Waals surface area (Å²) in [5.74, 6) is -1.61. The number of fused-ring (bicyclic) bond motifs is 1. The van der Waals surface area contributed by atoms with E-state index in [1.54, 1.807) is 19.1 Å². The highest BCUT2D eigenvalue weighted by atomic mass is 35.5. The van der Waals surface area contributed by atoms with E-state index in [4.69, 9.17) is 26.3 Å². The summed E-state index contributed by atoms with van der Waals surface area (Å²) in [6.07, 6.45) is 2.33. The van der Waals surface area contributed by atoms with Crippen LogP contribution in [0.25, 0.3) is 10.9 Å². The number of hydrogen-bond acceptors (Lipinski definition) is 14. The molecule has 0 aliphatic carbocycles. The predicted molar refractivity (Wildman–Crippen MR) is 260 cm³/mol. The Morgan fingerprint density at radius 1 is 0.886 bits per heavy atom. The predicted octanol–water partition coefficient (Wildman–Crippen LogP) is 10.7. The molecule has 6 N–H and O–H groups in total. The number of anilines is 3. The minimum Gasteiger partial charge on any atom is -0.507 e. The number of aromatic hydroxyl groups is 1. The Balaban J connectivity index is 0.000000199. The first kappa shape index (κ1) is 53.5. The van der Waals surface area contributed by atoms with Gasteiger partial charge in [-0.3, -0.25) is 14.5 Å². The fraction of sp³-hybridized carbons (Fsp3) is 0.229. The number of likely N-dealkylation sites (N-methyl/N-ethyl adjacent to an activating group) is 1. The number of halogens is 4. The number of nitrogens with zero attached hydrogens (tertiary/aromatic N) is 6. The summed E-state index contributed by atoms with van der Waals surface area (Å²) in [5.41, 5.74) is 2.03. The number of alkyl halides is 3. The molecule has 1 unspecified atom stereocenters. The van der Waals surface area contributed by atoms with Gasteiger partial charge in [0.1, 0.15) is 28.5 Å². The van der Waals surface area contributed by atoms with E-state index < -0.39 is 33.6 Å². The van der Waals surface area contributed by atoms with Gasteiger partial charge < -0.3 is 35.4 Å². The lowest BCUT2D eigenvalue weighted by molar-refractivity contribution is -0.137. The molecule has 3 aromatic heterocycles. The molecule has 0 fully saturated rings. The summed E-state index contributed by atoms with van der Waals surface area (Å²) < 4.78 is 68.8. The van der Waals surface area contributed by atoms with Crippen LogP contribution >= 0.6 is 11.6 Å². The number of benzene rings is 4. The lowest BCUT2D eigenvalue weighted by atomic mass is 10.1. The van der Waals surface area contributed by atoms with Crippen molar-refractivity contribution in [3.63, 3.8) is 0 Å². The summed E-state index contributed by atoms with van der Waals surface area (Å²) in [5, 5.41) is 46.6. The standard InChI is InChI=1S/C18H26ClN3O.C18H14N4O5S.C12H9F3N2O2/c1-3-22(11-12-23)10-4-5-14(2)21-17-8-9-20-18-13-15(19)6-7-16(17)18;23-16-9-6-13(11-15(16)18(24)25)21-20-12-4-7-14(8-5-12)28(26,27)22-17-3-1-2-10-19-17;1-7-10(6-16-19-7)11(18)17-9-4-2-8(3-5-9)12(13,14)15/h6-9,13-14,23H,3-5,10-12H2,1-2H3,(H,20,21);1-11,23H,(H,19,22)(H,24,25);2-6H,1H3,(H,17,18). The Labute approximate surface area is 406 Å². The summed E-state index contributed by atoms with van der Waals surface area (Å²) in [6.45, 7) is 8.89. The first-order valence-corrected chi connectivity index (χ1v) is 23.3. The zero-order valence-corrected chi connectivity index (χ0v) is 39.5. The van der Waals surface area contributed by atoms with Gasteiger partial charge in [-0.05, 0) is 143 Å². The molecule has 22 heteroatoms. The number of aliphatic hydroxyl groups excluding tert-OH is 1. The van der Waals surface area contributed by atoms with E-state index in [1.807, 2.05) is 30.5 Å². The highest BCUT2D eigenvalue weighted by molar-refractivity contribution is 7.92. The van der Waals surface area contributed by atoms with Crippen LogP contribution in [0.3, 0.4) is 0 Å². The molecular formula is C48H49ClF3N9O8S. The molecule has 0 spiro atoms. The van der Waals surface area contributed by atoms with Gasteiger partial charge in [0.2, 0.25) is 0 Å². The summed E-state index contributed by atoms with van der Waals surface area (Å²) in [4.78, 5) is 33.3. The van der Waals surface area contributed by atoms with Gasteiger partial charge in [-0.1, -0.05) is 29.7 Å². The van der Waals surface area contributed by atoms with Gasteiger partial charge >= 0.3 is 12.1 Å². The Hall–Kier alpha value is -7.46. The van der Waals surface area contributed by atoms with E-state index in [2.05, 4.69) is 59.5 Å². The lowest BCUT2D eigenvalue weighted by Crippen LogP contribution is -2.28. The number of aromatic carboxylic acids is 1. The smallest absolute Gasteiger partial charge is 0.416 e. The zero-order valence-electron chi connectivity index (χ0n) is 37.9. The van der Waals surface area contributed by atoms with E-state index in [-0.39, 0.29) is 45.6 Å². The molecule has 368 valence electrons. The van der Waals surface area contributed by atoms with Gasteiger partial charge in [0.05, 0.1) is 40.2 Å². The zero-order chi connectivity index (χ0) is 50.8. The largest absolute Gasteiger partial charge is 0.507 e. The highest BCUT2D eigenvalue weighted by Gasteiger charge is 2.30. The normalized spacial score (nSPS) is 11.8. The number of aliphatic hydroxyl groups is 1. The quantitative estimate of drug-likeness (QED) is 0.0466. The molecular weight excluding hydrogens is 955 g/mol. The van der Waals surface area contributed by atoms with Crippen LogP contribution in [-0.2, 0) is 16.2 Å². The number of nitrogens with one attached hydrogen (secondary N) is 3. The first-order chi connectivity index (χ1) is 33.4. The third-order valence-electron chi connectivity index (χ3n) is 10.1. The van der Waals surface area contributed by atoms with Crippen molar-refractivity contribution in [2.75, 3.05) is 41.6 Å². The average molecular weight is 1000 g/mol. The molecule has 0 radical (unpaired) electrons. The molecule has 0 aliphatic heterocycles. The van der Waals surface area contributed by atoms with Crippen molar-refractivity contribution in [1.82, 2.24) is 20.0 Å². The van der Waals surface area contributed by atoms with Crippen molar-refractivity contribution >= 4 is 73.0 Å². The number of rotatable bonds is 17. The van der Waals surface area contributed by atoms with Crippen LogP contribution in [0.2, 0.25) is 5.02 Å². The monoisotopic (exact) mass is 1000 g/mol. The van der Waals surface area contributed by atoms with Gasteiger partial charge in [-0.25, -0.2) is 18.2 Å². The molecule has 3 heterocycles. The van der Waals surface area contributed by atoms with Gasteiger partial charge in [-0.2, -0.15) is 23.4 Å². The molecule has 0 aliphatic rings. The van der Waals surface area contributed by atoms with Crippen LogP contribution in [0.15, 0.2) is 147 Å². The SMILES string of the molecule is CCN(CCO)CCCC(C)Nc1ccnc2cc(Cl)ccc12.Cc1oncc1C(=O)Nc1ccc(C(F)(F)F)cc1.O=C(O)c1cc(N=Nc2ccc(S(=O)(=O)Nc3ccccn3)cc2)ccc1O. The maximum atomic E-state index is 12.4. The lowest BCUT2D eigenvalue weighted by Gasteiger charge is -2.21. The molecule has 7 aromatic rings. The number of carbonyl (C=O) groups is 2. The van der Waals surface area contributed by atoms with Crippen molar-refractivity contribution in [2.45, 2.75) is 50.7 Å². The van der Waals surface area contributed by atoms with E-state index in [0.717, 1.165) is 61.2 Å². The Kier molecular flexibility index (Phi) is 19.3. The summed E-state index contributed by atoms with van der Waals surface area (Å²) in [7, 11) is -3.79. The number of pyridine rings is 2. The summed E-state index contributed by atoms with van der Waals surface area (Å²) in [6, 6.07) is 26.6. The topological polar surface area (TPSA) is 245 Å². The molecule has 1 atom stereocenters. The minimum atomic E-state index is -4.40. The Morgan fingerprint density at radius 2 is 1.60 bits per heavy atom. The second kappa shape index (κ2) is 25.2. The number of aryl methyl sites for hydroxylation is 1. The summed E-state index contributed by atoms with van der Waals surface area (Å²) >= 11 is 6.03. The van der Waals surface area contributed by atoms with E-state index in [9.17, 15) is 36.3 Å². The van der Waals surface area contributed by atoms with Crippen LogP contribution in [0.1, 0.15) is 58.7 Å². The number of amides is 1. The van der Waals surface area contributed by atoms with Crippen LogP contribution < -0.4 is 15.4 Å². The van der Waals surface area contributed by atoms with Gasteiger partial charge in [0, 0.05) is 46.8 Å². The molecule has 0 saturated carbocycles. The van der Waals surface area contributed by atoms with E-state index in [1.165, 1.54) is 73.1 Å². The van der Waals surface area contributed by atoms with Crippen LogP contribution in [0.4, 0.5) is 41.7 Å². The van der Waals surface area contributed by atoms with Crippen molar-refractivity contribution in [3.05, 3.63) is 155 Å². The first-order valence-electron chi connectivity index (χ1n) is 21.4. The highest BCUT2D eigenvalue weighted by Crippen LogP contribution is 2.31. The van der Waals surface area contributed by atoms with E-state index >= 15 is 0 Å². The second-order valence-electron chi connectivity index (χ2n) is 15.2. The van der Waals surface area contributed by atoms with Crippen molar-refractivity contribution < 1.29 is 51.0 Å². The van der Waals surface area contributed by atoms with Crippen LogP contribution in [0.5, 0.6) is 5.75 Å². The van der Waals surface area contributed by atoms with Gasteiger partial charge in [0.25, 0.3) is 15.9 Å². The average Bonchev–Trinajstić information content (AvgIpc) is 3.77. The number of azo groups is 1. The molecule has 0 saturated heterocycles. The number of carboxylic acid groups (broad SMARTS) is 1. The van der Waals surface area contributed by atoms with Crippen LogP contribution in [0, 0.1) is 6.92 Å². The third-order valence-corrected chi connectivity index (χ3v) is 11.7. The molecule has 0 bridgehead atoms. The number of carboxylic acids is 1. The van der Waals surface area contributed by atoms with E-state index in [0.29, 0.717) is 22.5 Å². The number of phenols is 1. The third kappa shape index (κ3) is 16.1. The second-order valence-corrected chi connectivity index (χ2v) is 17.3. The maximum absolute atomic E-state index is 12.4. The van der Waals surface area contributed by atoms with Crippen LogP contribution in [-0.4, -0.2) is 87.9 Å². The number of sulfonamides is 1. The molecule has 7 rings (SSSR count).